The van der Waals surface area contributed by atoms with Crippen LogP contribution in [0.2, 0.25) is 0 Å². The second kappa shape index (κ2) is 5.55. The predicted molar refractivity (Wildman–Crippen MR) is 88.6 cm³/mol. The predicted octanol–water partition coefficient (Wildman–Crippen LogP) is 3.81. The maximum atomic E-state index is 12.3. The van der Waals surface area contributed by atoms with E-state index >= 15 is 0 Å². The molecule has 6 heteroatoms. The summed E-state index contributed by atoms with van der Waals surface area (Å²) in [6, 6.07) is 11.7. The molecule has 0 saturated heterocycles. The molecule has 1 aliphatic heterocycles. The molecule has 3 heterocycles. The fraction of sp³-hybridized carbons (Fsp3) is 0.125. The van der Waals surface area contributed by atoms with Crippen LogP contribution in [0.4, 0.5) is 5.13 Å². The molecule has 0 fully saturated rings. The van der Waals surface area contributed by atoms with E-state index in [9.17, 15) is 4.79 Å². The number of benzene rings is 1. The number of nitrogens with zero attached hydrogens (tertiary/aromatic N) is 1. The summed E-state index contributed by atoms with van der Waals surface area (Å²) in [6.07, 6.45) is 0.122. The first-order valence-electron chi connectivity index (χ1n) is 6.84. The number of rotatable bonds is 3. The van der Waals surface area contributed by atoms with Crippen molar-refractivity contribution < 1.29 is 9.53 Å². The van der Waals surface area contributed by atoms with E-state index in [1.165, 1.54) is 11.3 Å². The number of fused-ring (bicyclic) bond motifs is 1. The van der Waals surface area contributed by atoms with Crippen molar-refractivity contribution in [2.45, 2.75) is 12.5 Å². The summed E-state index contributed by atoms with van der Waals surface area (Å²) in [5.74, 6) is 0.643. The Labute approximate surface area is 135 Å². The van der Waals surface area contributed by atoms with Crippen molar-refractivity contribution in [3.05, 3.63) is 52.7 Å². The summed E-state index contributed by atoms with van der Waals surface area (Å²) in [4.78, 5) is 17.9. The summed E-state index contributed by atoms with van der Waals surface area (Å²) in [5, 5.41) is 7.41. The van der Waals surface area contributed by atoms with Gasteiger partial charge in [0.05, 0.1) is 10.6 Å². The van der Waals surface area contributed by atoms with Crippen LogP contribution in [0.5, 0.6) is 5.75 Å². The lowest BCUT2D eigenvalue weighted by molar-refractivity contribution is -0.122. The highest BCUT2D eigenvalue weighted by molar-refractivity contribution is 7.16. The molecule has 4 rings (SSSR count). The van der Waals surface area contributed by atoms with Crippen LogP contribution in [-0.2, 0) is 11.2 Å². The van der Waals surface area contributed by atoms with Crippen LogP contribution in [-0.4, -0.2) is 17.0 Å². The number of nitrogens with one attached hydrogen (secondary N) is 1. The first-order valence-corrected chi connectivity index (χ1v) is 8.60. The van der Waals surface area contributed by atoms with E-state index in [1.807, 2.05) is 47.2 Å². The third-order valence-electron chi connectivity index (χ3n) is 3.45. The number of hydrogen-bond acceptors (Lipinski definition) is 5. The fourth-order valence-corrected chi connectivity index (χ4v) is 3.86. The molecule has 1 atom stereocenters. The SMILES string of the molecule is O=C(Nc1nc(-c2cccs2)cs1)[C@H]1Cc2ccccc2O1. The molecule has 0 aliphatic carbocycles. The molecule has 2 aromatic heterocycles. The van der Waals surface area contributed by atoms with Crippen molar-refractivity contribution in [2.75, 3.05) is 5.32 Å². The Morgan fingerprint density at radius 3 is 2.95 bits per heavy atom. The van der Waals surface area contributed by atoms with Crippen LogP contribution in [0.25, 0.3) is 10.6 Å². The molecule has 0 radical (unpaired) electrons. The van der Waals surface area contributed by atoms with Crippen LogP contribution in [0.15, 0.2) is 47.2 Å². The van der Waals surface area contributed by atoms with E-state index in [1.54, 1.807) is 11.3 Å². The van der Waals surface area contributed by atoms with E-state index in [2.05, 4.69) is 10.3 Å². The van der Waals surface area contributed by atoms with Gasteiger partial charge in [-0.15, -0.1) is 22.7 Å². The number of ether oxygens (including phenoxy) is 1. The Hall–Kier alpha value is -2.18. The minimum atomic E-state index is -0.480. The lowest BCUT2D eigenvalue weighted by Gasteiger charge is -2.09. The number of thiazole rings is 1. The van der Waals surface area contributed by atoms with Crippen LogP contribution in [0, 0.1) is 0 Å². The van der Waals surface area contributed by atoms with E-state index in [0.29, 0.717) is 11.6 Å². The molecule has 1 N–H and O–H groups in total. The third-order valence-corrected chi connectivity index (χ3v) is 5.10. The smallest absolute Gasteiger partial charge is 0.267 e. The van der Waals surface area contributed by atoms with Crippen LogP contribution in [0.1, 0.15) is 5.56 Å². The molecule has 1 aromatic carbocycles. The Morgan fingerprint density at radius 2 is 2.14 bits per heavy atom. The number of thiophene rings is 1. The van der Waals surface area contributed by atoms with Gasteiger partial charge >= 0.3 is 0 Å². The van der Waals surface area contributed by atoms with Gasteiger partial charge in [-0.05, 0) is 23.1 Å². The highest BCUT2D eigenvalue weighted by Gasteiger charge is 2.29. The van der Waals surface area contributed by atoms with Crippen molar-refractivity contribution in [3.63, 3.8) is 0 Å². The van der Waals surface area contributed by atoms with E-state index < -0.39 is 6.10 Å². The first-order chi connectivity index (χ1) is 10.8. The second-order valence-electron chi connectivity index (χ2n) is 4.92. The molecule has 0 bridgehead atoms. The zero-order valence-corrected chi connectivity index (χ0v) is 13.1. The van der Waals surface area contributed by atoms with Crippen LogP contribution >= 0.6 is 22.7 Å². The van der Waals surface area contributed by atoms with Crippen LogP contribution in [0.3, 0.4) is 0 Å². The Morgan fingerprint density at radius 1 is 1.23 bits per heavy atom. The van der Waals surface area contributed by atoms with E-state index in [-0.39, 0.29) is 5.91 Å². The number of aromatic nitrogens is 1. The molecule has 0 saturated carbocycles. The normalized spacial score (nSPS) is 16.1. The number of amides is 1. The van der Waals surface area contributed by atoms with Gasteiger partial charge in [-0.25, -0.2) is 4.98 Å². The molecular formula is C16H12N2O2S2. The summed E-state index contributed by atoms with van der Waals surface area (Å²) in [5.41, 5.74) is 1.96. The first kappa shape index (κ1) is 13.5. The van der Waals surface area contributed by atoms with Crippen molar-refractivity contribution >= 4 is 33.7 Å². The standard InChI is InChI=1S/C16H12N2O2S2/c19-15(13-8-10-4-1-2-5-12(10)20-13)18-16-17-11(9-22-16)14-6-3-7-21-14/h1-7,9,13H,8H2,(H,17,18,19)/t13-/m1/s1. The molecule has 3 aromatic rings. The van der Waals surface area contributed by atoms with Gasteiger partial charge in [0.15, 0.2) is 11.2 Å². The van der Waals surface area contributed by atoms with Gasteiger partial charge in [0, 0.05) is 11.8 Å². The quantitative estimate of drug-likeness (QED) is 0.795. The largest absolute Gasteiger partial charge is 0.480 e. The van der Waals surface area contributed by atoms with Crippen molar-refractivity contribution in [1.29, 1.82) is 0 Å². The molecule has 22 heavy (non-hydrogen) atoms. The average Bonchev–Trinajstić information content (AvgIpc) is 3.26. The van der Waals surface area contributed by atoms with Gasteiger partial charge in [-0.2, -0.15) is 0 Å². The number of para-hydroxylation sites is 1. The lowest BCUT2D eigenvalue weighted by Crippen LogP contribution is -2.31. The van der Waals surface area contributed by atoms with Crippen molar-refractivity contribution in [2.24, 2.45) is 0 Å². The van der Waals surface area contributed by atoms with Gasteiger partial charge < -0.3 is 4.74 Å². The van der Waals surface area contributed by atoms with Gasteiger partial charge in [0.25, 0.3) is 5.91 Å². The van der Waals surface area contributed by atoms with Crippen molar-refractivity contribution in [1.82, 2.24) is 4.98 Å². The summed E-state index contributed by atoms with van der Waals surface area (Å²) < 4.78 is 5.69. The molecular weight excluding hydrogens is 316 g/mol. The molecule has 0 spiro atoms. The van der Waals surface area contributed by atoms with E-state index in [0.717, 1.165) is 21.9 Å². The summed E-state index contributed by atoms with van der Waals surface area (Å²) in [6.45, 7) is 0. The fourth-order valence-electron chi connectivity index (χ4n) is 2.38. The monoisotopic (exact) mass is 328 g/mol. The number of anilines is 1. The van der Waals surface area contributed by atoms with Gasteiger partial charge in [0.1, 0.15) is 5.75 Å². The lowest BCUT2D eigenvalue weighted by atomic mass is 10.1. The molecule has 4 nitrogen and oxygen atoms in total. The number of hydrogen-bond donors (Lipinski definition) is 1. The number of carbonyl (C=O) groups excluding carboxylic acids is 1. The zero-order chi connectivity index (χ0) is 14.9. The maximum Gasteiger partial charge on any atom is 0.267 e. The Bertz CT molecular complexity index is 786. The third kappa shape index (κ3) is 2.51. The zero-order valence-electron chi connectivity index (χ0n) is 11.5. The molecule has 110 valence electrons. The Balaban J connectivity index is 1.45. The summed E-state index contributed by atoms with van der Waals surface area (Å²) in [7, 11) is 0. The Kier molecular flexibility index (Phi) is 3.40. The average molecular weight is 328 g/mol. The van der Waals surface area contributed by atoms with Gasteiger partial charge in [-0.1, -0.05) is 24.3 Å². The van der Waals surface area contributed by atoms with Gasteiger partial charge in [-0.3, -0.25) is 10.1 Å². The summed E-state index contributed by atoms with van der Waals surface area (Å²) >= 11 is 3.06. The second-order valence-corrected chi connectivity index (χ2v) is 6.73. The van der Waals surface area contributed by atoms with Crippen molar-refractivity contribution in [3.8, 4) is 16.3 Å². The highest BCUT2D eigenvalue weighted by atomic mass is 32.1. The molecule has 1 aliphatic rings. The topological polar surface area (TPSA) is 51.2 Å². The maximum absolute atomic E-state index is 12.3. The van der Waals surface area contributed by atoms with Gasteiger partial charge in [0.2, 0.25) is 0 Å². The van der Waals surface area contributed by atoms with Crippen LogP contribution < -0.4 is 10.1 Å². The minimum absolute atomic E-state index is 0.150. The highest BCUT2D eigenvalue weighted by Crippen LogP contribution is 2.30. The number of carbonyl (C=O) groups is 1. The molecule has 1 amide bonds. The van der Waals surface area contributed by atoms with E-state index in [4.69, 9.17) is 4.74 Å². The molecule has 0 unspecified atom stereocenters. The minimum Gasteiger partial charge on any atom is -0.480 e.